The summed E-state index contributed by atoms with van der Waals surface area (Å²) in [7, 11) is -4.25. The molecule has 0 spiro atoms. The molecule has 180 valence electrons. The molecule has 2 aliphatic rings. The number of hydrogen-bond acceptors (Lipinski definition) is 5. The first-order valence-electron chi connectivity index (χ1n) is 11.3. The first kappa shape index (κ1) is 22.5. The van der Waals surface area contributed by atoms with Crippen LogP contribution in [0, 0.1) is 11.6 Å². The molecule has 0 bridgehead atoms. The van der Waals surface area contributed by atoms with Gasteiger partial charge in [-0.1, -0.05) is 6.42 Å². The molecule has 1 amide bonds. The van der Waals surface area contributed by atoms with Gasteiger partial charge in [0.05, 0.1) is 11.3 Å². The maximum absolute atomic E-state index is 14.7. The molecule has 4 heterocycles. The number of H-pyrrole nitrogens is 1. The van der Waals surface area contributed by atoms with Crippen LogP contribution < -0.4 is 4.72 Å². The minimum absolute atomic E-state index is 0.0429. The number of rotatable bonds is 5. The van der Waals surface area contributed by atoms with Crippen LogP contribution in [0.15, 0.2) is 29.3 Å². The number of hydrogen-bond donors (Lipinski definition) is 2. The lowest BCUT2D eigenvalue weighted by Crippen LogP contribution is -2.27. The number of carbonyl (C=O) groups is 1. The summed E-state index contributed by atoms with van der Waals surface area (Å²) in [6.07, 6.45) is 6.54. The Balaban J connectivity index is 1.44. The number of amides is 1. The van der Waals surface area contributed by atoms with Crippen LogP contribution in [0.2, 0.25) is 0 Å². The van der Waals surface area contributed by atoms with Crippen molar-refractivity contribution in [3.05, 3.63) is 47.5 Å². The summed E-state index contributed by atoms with van der Waals surface area (Å²) >= 11 is 0. The molecule has 3 aromatic rings. The van der Waals surface area contributed by atoms with E-state index in [-0.39, 0.29) is 27.9 Å². The predicted molar refractivity (Wildman–Crippen MR) is 120 cm³/mol. The van der Waals surface area contributed by atoms with Gasteiger partial charge in [0, 0.05) is 38.3 Å². The van der Waals surface area contributed by atoms with Gasteiger partial charge in [-0.15, -0.1) is 10.2 Å². The molecule has 0 atom stereocenters. The Morgan fingerprint density at radius 2 is 1.74 bits per heavy atom. The minimum Gasteiger partial charge on any atom is -0.356 e. The van der Waals surface area contributed by atoms with Gasteiger partial charge in [0.25, 0.3) is 15.9 Å². The quantitative estimate of drug-likeness (QED) is 0.570. The fourth-order valence-electron chi connectivity index (χ4n) is 4.43. The van der Waals surface area contributed by atoms with E-state index in [0.29, 0.717) is 32.1 Å². The molecule has 12 heteroatoms. The van der Waals surface area contributed by atoms with E-state index < -0.39 is 27.3 Å². The second kappa shape index (κ2) is 8.82. The van der Waals surface area contributed by atoms with E-state index in [9.17, 15) is 22.0 Å². The average molecular weight is 491 g/mol. The zero-order chi connectivity index (χ0) is 23.9. The highest BCUT2D eigenvalue weighted by Crippen LogP contribution is 2.30. The Morgan fingerprint density at radius 1 is 0.971 bits per heavy atom. The third kappa shape index (κ3) is 4.17. The lowest BCUT2D eigenvalue weighted by atomic mass is 10.1. The summed E-state index contributed by atoms with van der Waals surface area (Å²) in [5.41, 5.74) is -0.330. The number of sulfonamides is 1. The van der Waals surface area contributed by atoms with Gasteiger partial charge in [0.1, 0.15) is 28.0 Å². The second-order valence-corrected chi connectivity index (χ2v) is 10.3. The number of halogens is 2. The number of aryl methyl sites for hydroxylation is 1. The molecular formula is C22H24F2N6O3S. The summed E-state index contributed by atoms with van der Waals surface area (Å²) in [5, 5.41) is 8.22. The van der Waals surface area contributed by atoms with Crippen molar-refractivity contribution in [2.45, 2.75) is 50.0 Å². The monoisotopic (exact) mass is 490 g/mol. The zero-order valence-electron chi connectivity index (χ0n) is 18.4. The van der Waals surface area contributed by atoms with E-state index in [1.54, 1.807) is 9.47 Å². The van der Waals surface area contributed by atoms with E-state index in [4.69, 9.17) is 0 Å². The van der Waals surface area contributed by atoms with Gasteiger partial charge in [0.2, 0.25) is 0 Å². The molecule has 34 heavy (non-hydrogen) atoms. The van der Waals surface area contributed by atoms with Gasteiger partial charge in [-0.3, -0.25) is 9.52 Å². The van der Waals surface area contributed by atoms with Crippen molar-refractivity contribution in [2.24, 2.45) is 0 Å². The first-order valence-corrected chi connectivity index (χ1v) is 12.7. The van der Waals surface area contributed by atoms with Crippen LogP contribution in [0.1, 0.15) is 48.4 Å². The van der Waals surface area contributed by atoms with Crippen molar-refractivity contribution in [1.82, 2.24) is 24.6 Å². The maximum atomic E-state index is 14.7. The van der Waals surface area contributed by atoms with Gasteiger partial charge >= 0.3 is 0 Å². The molecule has 9 nitrogen and oxygen atoms in total. The number of benzene rings is 1. The van der Waals surface area contributed by atoms with Crippen LogP contribution >= 0.6 is 0 Å². The van der Waals surface area contributed by atoms with E-state index in [0.717, 1.165) is 44.0 Å². The number of nitrogens with zero attached hydrogens (tertiary/aromatic N) is 4. The predicted octanol–water partition coefficient (Wildman–Crippen LogP) is 3.31. The van der Waals surface area contributed by atoms with Gasteiger partial charge in [-0.25, -0.2) is 17.2 Å². The Labute approximate surface area is 195 Å². The van der Waals surface area contributed by atoms with Crippen LogP contribution in [0.4, 0.5) is 14.5 Å². The standard InChI is InChI=1S/C22H24F2N6O3S/c23-16-12-17(24)18(11-15(16)21-27-26-20-6-2-1-3-9-30(20)21)28-34(32,33)14-10-19(25-13-14)22(31)29-7-4-5-8-29/h10-13,25,28H,1-9H2. The molecular weight excluding hydrogens is 466 g/mol. The molecule has 1 fully saturated rings. The van der Waals surface area contributed by atoms with Crippen LogP contribution in [0.25, 0.3) is 11.4 Å². The van der Waals surface area contributed by atoms with Gasteiger partial charge in [-0.2, -0.15) is 0 Å². The third-order valence-corrected chi connectivity index (χ3v) is 7.59. The van der Waals surface area contributed by atoms with Crippen molar-refractivity contribution in [2.75, 3.05) is 17.8 Å². The highest BCUT2D eigenvalue weighted by atomic mass is 32.2. The summed E-state index contributed by atoms with van der Waals surface area (Å²) in [6, 6.07) is 2.93. The summed E-state index contributed by atoms with van der Waals surface area (Å²) in [5.74, 6) is -1.26. The van der Waals surface area contributed by atoms with Crippen molar-refractivity contribution in [3.63, 3.8) is 0 Å². The Morgan fingerprint density at radius 3 is 2.53 bits per heavy atom. The van der Waals surface area contributed by atoms with E-state index in [1.807, 2.05) is 0 Å². The number of likely N-dealkylation sites (tertiary alicyclic amines) is 1. The number of aromatic nitrogens is 4. The molecule has 0 aliphatic carbocycles. The molecule has 2 aliphatic heterocycles. The Hall–Kier alpha value is -3.28. The molecule has 0 saturated carbocycles. The largest absolute Gasteiger partial charge is 0.356 e. The zero-order valence-corrected chi connectivity index (χ0v) is 19.2. The number of nitrogens with one attached hydrogen (secondary N) is 2. The minimum atomic E-state index is -4.25. The topological polar surface area (TPSA) is 113 Å². The number of anilines is 1. The smallest absolute Gasteiger partial charge is 0.270 e. The van der Waals surface area contributed by atoms with Gasteiger partial charge in [0.15, 0.2) is 5.82 Å². The van der Waals surface area contributed by atoms with E-state index in [2.05, 4.69) is 19.9 Å². The third-order valence-electron chi connectivity index (χ3n) is 6.24. The lowest BCUT2D eigenvalue weighted by molar-refractivity contribution is 0.0787. The van der Waals surface area contributed by atoms with Crippen LogP contribution in [0.5, 0.6) is 0 Å². The fourth-order valence-corrected chi connectivity index (χ4v) is 5.48. The SMILES string of the molecule is O=C(c1cc(S(=O)(=O)Nc2cc(-c3nnc4n3CCCCC4)c(F)cc2F)c[nH]1)N1CCCC1. The number of fused-ring (bicyclic) bond motifs is 1. The van der Waals surface area contributed by atoms with Gasteiger partial charge in [-0.05, 0) is 37.8 Å². The molecule has 1 aromatic carbocycles. The summed E-state index contributed by atoms with van der Waals surface area (Å²) in [6.45, 7) is 1.84. The summed E-state index contributed by atoms with van der Waals surface area (Å²) in [4.78, 5) is 16.6. The van der Waals surface area contributed by atoms with Crippen LogP contribution in [0.3, 0.4) is 0 Å². The van der Waals surface area contributed by atoms with Crippen molar-refractivity contribution < 1.29 is 22.0 Å². The lowest BCUT2D eigenvalue weighted by Gasteiger charge is -2.13. The second-order valence-electron chi connectivity index (χ2n) is 8.57. The number of carbonyl (C=O) groups excluding carboxylic acids is 1. The highest BCUT2D eigenvalue weighted by molar-refractivity contribution is 7.92. The van der Waals surface area contributed by atoms with E-state index >= 15 is 0 Å². The Bertz CT molecular complexity index is 1340. The molecule has 2 N–H and O–H groups in total. The summed E-state index contributed by atoms with van der Waals surface area (Å²) < 4.78 is 59.1. The van der Waals surface area contributed by atoms with Crippen LogP contribution in [-0.2, 0) is 23.0 Å². The van der Waals surface area contributed by atoms with Crippen LogP contribution in [-0.4, -0.2) is 52.1 Å². The van der Waals surface area contributed by atoms with Gasteiger partial charge < -0.3 is 14.5 Å². The molecule has 0 unspecified atom stereocenters. The molecule has 2 aromatic heterocycles. The highest BCUT2D eigenvalue weighted by Gasteiger charge is 2.26. The Kier molecular flexibility index (Phi) is 5.84. The fraction of sp³-hybridized carbons (Fsp3) is 0.409. The molecule has 0 radical (unpaired) electrons. The van der Waals surface area contributed by atoms with E-state index in [1.165, 1.54) is 12.3 Å². The van der Waals surface area contributed by atoms with Crippen molar-refractivity contribution >= 4 is 21.6 Å². The van der Waals surface area contributed by atoms with Crippen molar-refractivity contribution in [1.29, 1.82) is 0 Å². The average Bonchev–Trinajstić information content (AvgIpc) is 3.55. The number of aromatic amines is 1. The molecule has 1 saturated heterocycles. The van der Waals surface area contributed by atoms with Crippen molar-refractivity contribution in [3.8, 4) is 11.4 Å². The molecule has 5 rings (SSSR count). The first-order chi connectivity index (χ1) is 16.3. The maximum Gasteiger partial charge on any atom is 0.270 e. The normalized spacial score (nSPS) is 16.4.